The molecular formula is C15H21NO3. The Bertz CT molecular complexity index is 453. The molecule has 1 aliphatic rings. The second-order valence-corrected chi connectivity index (χ2v) is 5.11. The zero-order chi connectivity index (χ0) is 13.8. The smallest absolute Gasteiger partial charge is 0.310 e. The molecular weight excluding hydrogens is 242 g/mol. The van der Waals surface area contributed by atoms with Gasteiger partial charge in [-0.05, 0) is 50.6 Å². The van der Waals surface area contributed by atoms with E-state index in [1.807, 2.05) is 18.2 Å². The van der Waals surface area contributed by atoms with Crippen LogP contribution in [-0.2, 0) is 11.3 Å². The fraction of sp³-hybridized carbons (Fsp3) is 0.533. The Balaban J connectivity index is 2.22. The number of aliphatic carboxylic acids is 1. The second kappa shape index (κ2) is 6.06. The normalized spacial score (nSPS) is 17.4. The van der Waals surface area contributed by atoms with Gasteiger partial charge in [-0.25, -0.2) is 0 Å². The van der Waals surface area contributed by atoms with Crippen LogP contribution in [-0.4, -0.2) is 36.2 Å². The largest absolute Gasteiger partial charge is 0.496 e. The van der Waals surface area contributed by atoms with Crippen molar-refractivity contribution in [2.75, 3.05) is 20.2 Å². The van der Waals surface area contributed by atoms with E-state index in [0.717, 1.165) is 36.5 Å². The van der Waals surface area contributed by atoms with Crippen LogP contribution in [0.1, 0.15) is 36.8 Å². The number of hydrogen-bond donors (Lipinski definition) is 1. The van der Waals surface area contributed by atoms with E-state index in [2.05, 4.69) is 4.90 Å². The van der Waals surface area contributed by atoms with E-state index in [9.17, 15) is 4.79 Å². The van der Waals surface area contributed by atoms with Gasteiger partial charge in [0.2, 0.25) is 0 Å². The molecule has 1 atom stereocenters. The Morgan fingerprint density at radius 1 is 1.42 bits per heavy atom. The summed E-state index contributed by atoms with van der Waals surface area (Å²) in [4.78, 5) is 13.5. The summed E-state index contributed by atoms with van der Waals surface area (Å²) >= 11 is 0. The van der Waals surface area contributed by atoms with Crippen LogP contribution in [0.5, 0.6) is 5.75 Å². The van der Waals surface area contributed by atoms with E-state index < -0.39 is 11.9 Å². The van der Waals surface area contributed by atoms with Crippen molar-refractivity contribution >= 4 is 5.97 Å². The Labute approximate surface area is 114 Å². The lowest BCUT2D eigenvalue weighted by molar-refractivity contribution is -0.138. The second-order valence-electron chi connectivity index (χ2n) is 5.11. The van der Waals surface area contributed by atoms with Crippen LogP contribution < -0.4 is 4.74 Å². The lowest BCUT2D eigenvalue weighted by Gasteiger charge is -2.18. The predicted octanol–water partition coefficient (Wildman–Crippen LogP) is 2.48. The van der Waals surface area contributed by atoms with Crippen LogP contribution in [0.2, 0.25) is 0 Å². The van der Waals surface area contributed by atoms with Gasteiger partial charge in [-0.1, -0.05) is 6.07 Å². The van der Waals surface area contributed by atoms with E-state index in [0.29, 0.717) is 0 Å². The highest BCUT2D eigenvalue weighted by atomic mass is 16.5. The van der Waals surface area contributed by atoms with E-state index in [1.165, 1.54) is 12.8 Å². The molecule has 0 aromatic heterocycles. The van der Waals surface area contributed by atoms with E-state index in [1.54, 1.807) is 14.0 Å². The first-order valence-electron chi connectivity index (χ1n) is 6.74. The van der Waals surface area contributed by atoms with Crippen molar-refractivity contribution in [3.8, 4) is 5.75 Å². The minimum Gasteiger partial charge on any atom is -0.496 e. The molecule has 1 N–H and O–H groups in total. The summed E-state index contributed by atoms with van der Waals surface area (Å²) in [5.74, 6) is -0.436. The summed E-state index contributed by atoms with van der Waals surface area (Å²) in [7, 11) is 1.66. The van der Waals surface area contributed by atoms with Gasteiger partial charge < -0.3 is 9.84 Å². The summed E-state index contributed by atoms with van der Waals surface area (Å²) < 4.78 is 5.38. The monoisotopic (exact) mass is 263 g/mol. The van der Waals surface area contributed by atoms with Gasteiger partial charge in [0.15, 0.2) is 0 Å². The van der Waals surface area contributed by atoms with Gasteiger partial charge in [-0.15, -0.1) is 0 Å². The van der Waals surface area contributed by atoms with Crippen LogP contribution in [0, 0.1) is 0 Å². The van der Waals surface area contributed by atoms with Crippen LogP contribution >= 0.6 is 0 Å². The van der Waals surface area contributed by atoms with Crippen molar-refractivity contribution in [1.29, 1.82) is 0 Å². The summed E-state index contributed by atoms with van der Waals surface area (Å²) in [6.07, 6.45) is 2.49. The summed E-state index contributed by atoms with van der Waals surface area (Å²) in [5.41, 5.74) is 1.91. The Morgan fingerprint density at radius 3 is 2.68 bits per heavy atom. The number of carbonyl (C=O) groups is 1. The molecule has 19 heavy (non-hydrogen) atoms. The number of carboxylic acids is 1. The number of ether oxygens (including phenoxy) is 1. The molecule has 1 aliphatic heterocycles. The van der Waals surface area contributed by atoms with Crippen LogP contribution in [0.25, 0.3) is 0 Å². The fourth-order valence-electron chi connectivity index (χ4n) is 2.52. The van der Waals surface area contributed by atoms with Gasteiger partial charge in [0.05, 0.1) is 13.0 Å². The van der Waals surface area contributed by atoms with Gasteiger partial charge >= 0.3 is 5.97 Å². The molecule has 2 rings (SSSR count). The Morgan fingerprint density at radius 2 is 2.11 bits per heavy atom. The van der Waals surface area contributed by atoms with Gasteiger partial charge in [0.25, 0.3) is 0 Å². The molecule has 0 radical (unpaired) electrons. The SMILES string of the molecule is COc1ccc(C(C)C(=O)O)cc1CN1CCCC1. The summed E-state index contributed by atoms with van der Waals surface area (Å²) in [6.45, 7) is 4.77. The predicted molar refractivity (Wildman–Crippen MR) is 73.6 cm³/mol. The molecule has 1 aromatic carbocycles. The molecule has 1 aromatic rings. The van der Waals surface area contributed by atoms with Crippen molar-refractivity contribution in [2.24, 2.45) is 0 Å². The number of benzene rings is 1. The number of nitrogens with zero attached hydrogens (tertiary/aromatic N) is 1. The first kappa shape index (κ1) is 13.9. The van der Waals surface area contributed by atoms with E-state index in [4.69, 9.17) is 9.84 Å². The third kappa shape index (κ3) is 3.26. The van der Waals surface area contributed by atoms with E-state index in [-0.39, 0.29) is 0 Å². The van der Waals surface area contributed by atoms with Crippen LogP contribution in [0.4, 0.5) is 0 Å². The molecule has 4 heteroatoms. The third-order valence-corrected chi connectivity index (χ3v) is 3.77. The molecule has 1 fully saturated rings. The lowest BCUT2D eigenvalue weighted by atomic mass is 9.98. The Kier molecular flexibility index (Phi) is 4.43. The van der Waals surface area contributed by atoms with Gasteiger partial charge in [0.1, 0.15) is 5.75 Å². The number of likely N-dealkylation sites (tertiary alicyclic amines) is 1. The molecule has 0 aliphatic carbocycles. The third-order valence-electron chi connectivity index (χ3n) is 3.77. The molecule has 0 saturated carbocycles. The standard InChI is InChI=1S/C15H21NO3/c1-11(15(17)18)12-5-6-14(19-2)13(9-12)10-16-7-3-4-8-16/h5-6,9,11H,3-4,7-8,10H2,1-2H3,(H,17,18). The van der Waals surface area contributed by atoms with E-state index >= 15 is 0 Å². The van der Waals surface area contributed by atoms with Crippen LogP contribution in [0.3, 0.4) is 0 Å². The maximum atomic E-state index is 11.1. The average molecular weight is 263 g/mol. The zero-order valence-electron chi connectivity index (χ0n) is 11.6. The number of methoxy groups -OCH3 is 1. The highest BCUT2D eigenvalue weighted by Gasteiger charge is 2.18. The molecule has 0 spiro atoms. The average Bonchev–Trinajstić information content (AvgIpc) is 2.90. The fourth-order valence-corrected chi connectivity index (χ4v) is 2.52. The molecule has 1 saturated heterocycles. The van der Waals surface area contributed by atoms with Crippen molar-refractivity contribution in [3.63, 3.8) is 0 Å². The number of rotatable bonds is 5. The topological polar surface area (TPSA) is 49.8 Å². The molecule has 0 amide bonds. The van der Waals surface area contributed by atoms with Crippen LogP contribution in [0.15, 0.2) is 18.2 Å². The molecule has 0 bridgehead atoms. The highest BCUT2D eigenvalue weighted by molar-refractivity contribution is 5.75. The van der Waals surface area contributed by atoms with Gasteiger partial charge in [-0.3, -0.25) is 9.69 Å². The van der Waals surface area contributed by atoms with Crippen molar-refractivity contribution in [3.05, 3.63) is 29.3 Å². The molecule has 1 heterocycles. The maximum Gasteiger partial charge on any atom is 0.310 e. The summed E-state index contributed by atoms with van der Waals surface area (Å²) in [5, 5.41) is 9.10. The minimum atomic E-state index is -0.794. The van der Waals surface area contributed by atoms with Crippen molar-refractivity contribution < 1.29 is 14.6 Å². The lowest BCUT2D eigenvalue weighted by Crippen LogP contribution is -2.19. The highest BCUT2D eigenvalue weighted by Crippen LogP contribution is 2.26. The summed E-state index contributed by atoms with van der Waals surface area (Å²) in [6, 6.07) is 5.68. The van der Waals surface area contributed by atoms with Crippen molar-refractivity contribution in [2.45, 2.75) is 32.2 Å². The molecule has 104 valence electrons. The quantitative estimate of drug-likeness (QED) is 0.886. The minimum absolute atomic E-state index is 0.483. The number of carboxylic acid groups (broad SMARTS) is 1. The zero-order valence-corrected chi connectivity index (χ0v) is 11.6. The number of hydrogen-bond acceptors (Lipinski definition) is 3. The first-order valence-corrected chi connectivity index (χ1v) is 6.74. The maximum absolute atomic E-state index is 11.1. The first-order chi connectivity index (χ1) is 9.11. The van der Waals surface area contributed by atoms with Gasteiger partial charge in [-0.2, -0.15) is 0 Å². The molecule has 1 unspecified atom stereocenters. The van der Waals surface area contributed by atoms with Gasteiger partial charge in [0, 0.05) is 12.1 Å². The molecule has 4 nitrogen and oxygen atoms in total. The van der Waals surface area contributed by atoms with Crippen molar-refractivity contribution in [1.82, 2.24) is 4.90 Å². The Hall–Kier alpha value is -1.55.